The first-order chi connectivity index (χ1) is 12.1. The molecule has 0 spiro atoms. The number of carbonyl (C=O) groups excluding carboxylic acids is 1. The molecule has 0 unspecified atom stereocenters. The van der Waals surface area contributed by atoms with Crippen LogP contribution in [0, 0.1) is 17.1 Å². The fourth-order valence-electron chi connectivity index (χ4n) is 2.34. The first-order valence-electron chi connectivity index (χ1n) is 7.36. The average Bonchev–Trinajstić information content (AvgIpc) is 3.09. The van der Waals surface area contributed by atoms with Crippen LogP contribution in [0.2, 0.25) is 0 Å². The van der Waals surface area contributed by atoms with Crippen LogP contribution in [0.3, 0.4) is 0 Å². The van der Waals surface area contributed by atoms with Crippen molar-refractivity contribution in [1.82, 2.24) is 0 Å². The number of halogens is 1. The van der Waals surface area contributed by atoms with Gasteiger partial charge in [-0.05, 0) is 47.5 Å². The largest absolute Gasteiger partial charge is 0.545 e. The number of nitrogens with zero attached hydrogens (tertiary/aromatic N) is 1. The Labute approximate surface area is 143 Å². The highest BCUT2D eigenvalue weighted by molar-refractivity contribution is 5.89. The van der Waals surface area contributed by atoms with Crippen LogP contribution in [0.5, 0.6) is 0 Å². The molecular formula is C20H11FNO3-. The lowest BCUT2D eigenvalue weighted by atomic mass is 10.1. The number of carboxylic acid groups (broad SMARTS) is 1. The molecule has 3 aromatic rings. The summed E-state index contributed by atoms with van der Waals surface area (Å²) in [5, 5.41) is 20.2. The van der Waals surface area contributed by atoms with Crippen molar-refractivity contribution in [3.05, 3.63) is 83.4 Å². The number of benzene rings is 2. The topological polar surface area (TPSA) is 77.1 Å². The van der Waals surface area contributed by atoms with E-state index in [9.17, 15) is 19.6 Å². The van der Waals surface area contributed by atoms with Gasteiger partial charge in [0.2, 0.25) is 0 Å². The SMILES string of the molecule is N#C/C(=C/c1ccc(-c2cccc(C(=O)[O-])c2)o1)c1ccc(F)cc1. The van der Waals surface area contributed by atoms with E-state index >= 15 is 0 Å². The highest BCUT2D eigenvalue weighted by atomic mass is 19.1. The van der Waals surface area contributed by atoms with E-state index in [2.05, 4.69) is 6.07 Å². The van der Waals surface area contributed by atoms with Crippen LogP contribution in [-0.2, 0) is 0 Å². The summed E-state index contributed by atoms with van der Waals surface area (Å²) in [4.78, 5) is 10.9. The Kier molecular flexibility index (Phi) is 4.44. The Morgan fingerprint density at radius 2 is 1.84 bits per heavy atom. The van der Waals surface area contributed by atoms with Gasteiger partial charge in [0.15, 0.2) is 0 Å². The molecule has 0 N–H and O–H groups in total. The van der Waals surface area contributed by atoms with Gasteiger partial charge >= 0.3 is 0 Å². The quantitative estimate of drug-likeness (QED) is 0.685. The molecule has 122 valence electrons. The van der Waals surface area contributed by atoms with E-state index in [-0.39, 0.29) is 11.4 Å². The van der Waals surface area contributed by atoms with Gasteiger partial charge < -0.3 is 14.3 Å². The number of furan rings is 1. The van der Waals surface area contributed by atoms with Gasteiger partial charge in [-0.3, -0.25) is 0 Å². The monoisotopic (exact) mass is 332 g/mol. The molecule has 0 fully saturated rings. The van der Waals surface area contributed by atoms with E-state index in [1.165, 1.54) is 36.4 Å². The Balaban J connectivity index is 1.93. The zero-order chi connectivity index (χ0) is 17.8. The van der Waals surface area contributed by atoms with Crippen LogP contribution >= 0.6 is 0 Å². The Morgan fingerprint density at radius 3 is 2.52 bits per heavy atom. The molecule has 0 aliphatic carbocycles. The molecule has 5 heteroatoms. The van der Waals surface area contributed by atoms with E-state index in [0.717, 1.165) is 0 Å². The van der Waals surface area contributed by atoms with Gasteiger partial charge in [-0.1, -0.05) is 30.3 Å². The van der Waals surface area contributed by atoms with Crippen LogP contribution in [0.1, 0.15) is 21.7 Å². The van der Waals surface area contributed by atoms with Crippen molar-refractivity contribution < 1.29 is 18.7 Å². The fourth-order valence-corrected chi connectivity index (χ4v) is 2.34. The van der Waals surface area contributed by atoms with Crippen LogP contribution in [0.25, 0.3) is 23.0 Å². The molecule has 0 bridgehead atoms. The summed E-state index contributed by atoms with van der Waals surface area (Å²) in [6.45, 7) is 0. The lowest BCUT2D eigenvalue weighted by molar-refractivity contribution is -0.255. The van der Waals surface area contributed by atoms with Gasteiger partial charge in [0.1, 0.15) is 17.3 Å². The molecular weight excluding hydrogens is 321 g/mol. The summed E-state index contributed by atoms with van der Waals surface area (Å²) in [7, 11) is 0. The van der Waals surface area contributed by atoms with Crippen molar-refractivity contribution in [3.8, 4) is 17.4 Å². The normalized spacial score (nSPS) is 11.1. The summed E-state index contributed by atoms with van der Waals surface area (Å²) >= 11 is 0. The maximum Gasteiger partial charge on any atom is 0.134 e. The molecule has 0 radical (unpaired) electrons. The van der Waals surface area contributed by atoms with Crippen molar-refractivity contribution in [1.29, 1.82) is 5.26 Å². The van der Waals surface area contributed by atoms with Crippen LogP contribution in [0.4, 0.5) is 4.39 Å². The summed E-state index contributed by atoms with van der Waals surface area (Å²) in [6, 6.07) is 17.2. The molecule has 0 saturated carbocycles. The van der Waals surface area contributed by atoms with Gasteiger partial charge in [-0.15, -0.1) is 0 Å². The van der Waals surface area contributed by atoms with E-state index in [0.29, 0.717) is 28.2 Å². The summed E-state index contributed by atoms with van der Waals surface area (Å²) in [5.41, 5.74) is 1.53. The minimum atomic E-state index is -1.27. The summed E-state index contributed by atoms with van der Waals surface area (Å²) in [5.74, 6) is -0.758. The van der Waals surface area contributed by atoms with Crippen molar-refractivity contribution in [3.63, 3.8) is 0 Å². The molecule has 4 nitrogen and oxygen atoms in total. The number of hydrogen-bond donors (Lipinski definition) is 0. The Bertz CT molecular complexity index is 994. The van der Waals surface area contributed by atoms with E-state index < -0.39 is 5.97 Å². The molecule has 3 rings (SSSR count). The fraction of sp³-hybridized carbons (Fsp3) is 0. The highest BCUT2D eigenvalue weighted by Crippen LogP contribution is 2.26. The van der Waals surface area contributed by atoms with Crippen LogP contribution in [-0.4, -0.2) is 5.97 Å². The van der Waals surface area contributed by atoms with Gasteiger partial charge in [0, 0.05) is 5.56 Å². The number of rotatable bonds is 4. The van der Waals surface area contributed by atoms with E-state index in [1.54, 1.807) is 30.3 Å². The first-order valence-corrected chi connectivity index (χ1v) is 7.36. The minimum absolute atomic E-state index is 0.0509. The third-order valence-corrected chi connectivity index (χ3v) is 3.57. The molecule has 0 atom stereocenters. The van der Waals surface area contributed by atoms with Crippen molar-refractivity contribution in [2.24, 2.45) is 0 Å². The third-order valence-electron chi connectivity index (χ3n) is 3.57. The second-order valence-electron chi connectivity index (χ2n) is 5.25. The number of carbonyl (C=O) groups is 1. The summed E-state index contributed by atoms with van der Waals surface area (Å²) in [6.07, 6.45) is 1.54. The predicted octanol–water partition coefficient (Wildman–Crippen LogP) is 3.51. The van der Waals surface area contributed by atoms with E-state index in [1.807, 2.05) is 0 Å². The van der Waals surface area contributed by atoms with Gasteiger partial charge in [0.05, 0.1) is 17.6 Å². The molecule has 0 amide bonds. The molecule has 0 saturated heterocycles. The maximum atomic E-state index is 13.0. The number of aromatic carboxylic acids is 1. The molecule has 0 aliphatic rings. The van der Waals surface area contributed by atoms with Gasteiger partial charge in [-0.2, -0.15) is 5.26 Å². The first kappa shape index (κ1) is 16.2. The lowest BCUT2D eigenvalue weighted by Gasteiger charge is -2.03. The smallest absolute Gasteiger partial charge is 0.134 e. The van der Waals surface area contributed by atoms with Crippen molar-refractivity contribution in [2.75, 3.05) is 0 Å². The summed E-state index contributed by atoms with van der Waals surface area (Å²) < 4.78 is 18.7. The van der Waals surface area contributed by atoms with Gasteiger partial charge in [0.25, 0.3) is 0 Å². The minimum Gasteiger partial charge on any atom is -0.545 e. The zero-order valence-corrected chi connectivity index (χ0v) is 12.9. The van der Waals surface area contributed by atoms with Crippen LogP contribution in [0.15, 0.2) is 65.1 Å². The molecule has 0 aliphatic heterocycles. The van der Waals surface area contributed by atoms with Crippen molar-refractivity contribution in [2.45, 2.75) is 0 Å². The second-order valence-corrected chi connectivity index (χ2v) is 5.25. The Hall–Kier alpha value is -3.65. The Morgan fingerprint density at radius 1 is 1.08 bits per heavy atom. The number of hydrogen-bond acceptors (Lipinski definition) is 4. The lowest BCUT2D eigenvalue weighted by Crippen LogP contribution is -2.22. The number of nitriles is 1. The number of carboxylic acids is 1. The molecule has 1 aromatic heterocycles. The molecule has 25 heavy (non-hydrogen) atoms. The highest BCUT2D eigenvalue weighted by Gasteiger charge is 2.07. The van der Waals surface area contributed by atoms with Crippen LogP contribution < -0.4 is 5.11 Å². The van der Waals surface area contributed by atoms with Gasteiger partial charge in [-0.25, -0.2) is 4.39 Å². The standard InChI is InChI=1S/C20H12FNO3/c21-17-6-4-13(5-7-17)16(12-22)11-18-8-9-19(25-18)14-2-1-3-15(10-14)20(23)24/h1-11H,(H,23,24)/p-1/b16-11-. The maximum absolute atomic E-state index is 13.0. The molecule has 2 aromatic carbocycles. The molecule has 1 heterocycles. The zero-order valence-electron chi connectivity index (χ0n) is 12.9. The second kappa shape index (κ2) is 6.85. The average molecular weight is 332 g/mol. The number of allylic oxidation sites excluding steroid dienone is 1. The van der Waals surface area contributed by atoms with Crippen molar-refractivity contribution >= 4 is 17.6 Å². The van der Waals surface area contributed by atoms with E-state index in [4.69, 9.17) is 4.42 Å². The predicted molar refractivity (Wildman–Crippen MR) is 88.4 cm³/mol. The third kappa shape index (κ3) is 3.65.